The van der Waals surface area contributed by atoms with Crippen molar-refractivity contribution in [1.29, 1.82) is 0 Å². The van der Waals surface area contributed by atoms with Crippen molar-refractivity contribution in [2.24, 2.45) is 0 Å². The van der Waals surface area contributed by atoms with Gasteiger partial charge in [-0.25, -0.2) is 0 Å². The van der Waals surface area contributed by atoms with Gasteiger partial charge in [-0.1, -0.05) is 26.7 Å². The Kier molecular flexibility index (Phi) is 6.82. The van der Waals surface area contributed by atoms with Crippen molar-refractivity contribution in [3.8, 4) is 0 Å². The van der Waals surface area contributed by atoms with E-state index in [-0.39, 0.29) is 0 Å². The number of unbranched alkanes of at least 4 members (excludes halogenated alkanes) is 2. The number of halogens is 1. The maximum atomic E-state index is 4.59. The van der Waals surface area contributed by atoms with Crippen molar-refractivity contribution < 1.29 is 0 Å². The molecule has 98 valence electrons. The second-order valence-electron chi connectivity index (χ2n) is 4.26. The highest BCUT2D eigenvalue weighted by Gasteiger charge is 2.12. The molecule has 0 radical (unpaired) electrons. The van der Waals surface area contributed by atoms with Crippen LogP contribution < -0.4 is 5.32 Å². The normalized spacial score (nSPS) is 11.1. The van der Waals surface area contributed by atoms with Crippen LogP contribution in [0.25, 0.3) is 0 Å². The average molecular weight is 302 g/mol. The van der Waals surface area contributed by atoms with Gasteiger partial charge in [0.25, 0.3) is 0 Å². The van der Waals surface area contributed by atoms with Crippen LogP contribution in [0.4, 0.5) is 0 Å². The number of nitrogens with one attached hydrogen (secondary N) is 1. The van der Waals surface area contributed by atoms with Gasteiger partial charge in [-0.3, -0.25) is 4.68 Å². The fraction of sp³-hybridized carbons (Fsp3) is 0.769. The maximum Gasteiger partial charge on any atom is 0.0767 e. The van der Waals surface area contributed by atoms with E-state index in [9.17, 15) is 0 Å². The average Bonchev–Trinajstić information content (AvgIpc) is 2.65. The molecule has 0 saturated carbocycles. The third kappa shape index (κ3) is 4.11. The van der Waals surface area contributed by atoms with E-state index in [1.54, 1.807) is 0 Å². The van der Waals surface area contributed by atoms with Crippen molar-refractivity contribution in [2.75, 3.05) is 6.54 Å². The number of nitrogens with zero attached hydrogens (tertiary/aromatic N) is 2. The molecule has 3 nitrogen and oxygen atoms in total. The molecule has 1 N–H and O–H groups in total. The molecular formula is C13H24BrN3. The van der Waals surface area contributed by atoms with Gasteiger partial charge in [0.1, 0.15) is 0 Å². The fourth-order valence-corrected chi connectivity index (χ4v) is 2.60. The van der Waals surface area contributed by atoms with Crippen LogP contribution in [0.1, 0.15) is 51.4 Å². The molecule has 0 aliphatic carbocycles. The van der Waals surface area contributed by atoms with Gasteiger partial charge >= 0.3 is 0 Å². The lowest BCUT2D eigenvalue weighted by molar-refractivity contribution is 0.560. The fourth-order valence-electron chi connectivity index (χ4n) is 1.89. The van der Waals surface area contributed by atoms with Crippen LogP contribution in [0, 0.1) is 0 Å². The summed E-state index contributed by atoms with van der Waals surface area (Å²) in [4.78, 5) is 0. The number of hydrogen-bond donors (Lipinski definition) is 1. The lowest BCUT2D eigenvalue weighted by Gasteiger charge is -2.07. The zero-order valence-electron chi connectivity index (χ0n) is 11.2. The van der Waals surface area contributed by atoms with Gasteiger partial charge < -0.3 is 5.32 Å². The van der Waals surface area contributed by atoms with E-state index in [4.69, 9.17) is 0 Å². The van der Waals surface area contributed by atoms with Gasteiger partial charge in [0, 0.05) is 13.1 Å². The summed E-state index contributed by atoms with van der Waals surface area (Å²) in [5.74, 6) is 0. The molecule has 0 aliphatic rings. The molecule has 0 saturated heterocycles. The van der Waals surface area contributed by atoms with Crippen molar-refractivity contribution in [1.82, 2.24) is 15.1 Å². The first-order chi connectivity index (χ1) is 8.24. The molecule has 0 atom stereocenters. The molecule has 0 aromatic carbocycles. The number of rotatable bonds is 8. The second-order valence-corrected chi connectivity index (χ2v) is 5.05. The Balaban J connectivity index is 2.54. The first kappa shape index (κ1) is 14.7. The SMILES string of the molecule is CCCCCNCc1c(Br)c(CC)nn1CC. The van der Waals surface area contributed by atoms with Gasteiger partial charge in [0.05, 0.1) is 15.9 Å². The second kappa shape index (κ2) is 7.88. The minimum absolute atomic E-state index is 0.908. The highest BCUT2D eigenvalue weighted by molar-refractivity contribution is 9.10. The Morgan fingerprint density at radius 2 is 2.00 bits per heavy atom. The number of aromatic nitrogens is 2. The molecular weight excluding hydrogens is 278 g/mol. The van der Waals surface area contributed by atoms with Crippen LogP contribution in [-0.2, 0) is 19.5 Å². The maximum absolute atomic E-state index is 4.59. The summed E-state index contributed by atoms with van der Waals surface area (Å²) in [7, 11) is 0. The van der Waals surface area contributed by atoms with Crippen molar-refractivity contribution in [2.45, 2.75) is 59.5 Å². The quantitative estimate of drug-likeness (QED) is 0.745. The first-order valence-electron chi connectivity index (χ1n) is 6.69. The largest absolute Gasteiger partial charge is 0.311 e. The molecule has 4 heteroatoms. The number of aryl methyl sites for hydroxylation is 2. The van der Waals surface area contributed by atoms with Gasteiger partial charge in [-0.15, -0.1) is 0 Å². The van der Waals surface area contributed by atoms with Crippen LogP contribution in [0.3, 0.4) is 0 Å². The topological polar surface area (TPSA) is 29.9 Å². The minimum Gasteiger partial charge on any atom is -0.311 e. The third-order valence-corrected chi connectivity index (χ3v) is 3.86. The predicted octanol–water partition coefficient (Wildman–Crippen LogP) is 3.51. The van der Waals surface area contributed by atoms with E-state index in [1.807, 2.05) is 0 Å². The van der Waals surface area contributed by atoms with Gasteiger partial charge in [-0.05, 0) is 42.2 Å². The smallest absolute Gasteiger partial charge is 0.0767 e. The van der Waals surface area contributed by atoms with Crippen LogP contribution in [0.2, 0.25) is 0 Å². The monoisotopic (exact) mass is 301 g/mol. The van der Waals surface area contributed by atoms with Crippen molar-refractivity contribution >= 4 is 15.9 Å². The van der Waals surface area contributed by atoms with Crippen LogP contribution in [0.15, 0.2) is 4.47 Å². The van der Waals surface area contributed by atoms with E-state index < -0.39 is 0 Å². The van der Waals surface area contributed by atoms with Gasteiger partial charge in [-0.2, -0.15) is 5.10 Å². The molecule has 1 aromatic rings. The lowest BCUT2D eigenvalue weighted by atomic mass is 10.2. The Labute approximate surface area is 113 Å². The van der Waals surface area contributed by atoms with Crippen LogP contribution >= 0.6 is 15.9 Å². The zero-order chi connectivity index (χ0) is 12.7. The Morgan fingerprint density at radius 3 is 2.59 bits per heavy atom. The molecule has 0 fully saturated rings. The van der Waals surface area contributed by atoms with Crippen molar-refractivity contribution in [3.05, 3.63) is 15.9 Å². The standard InChI is InChI=1S/C13H24BrN3/c1-4-7-8-9-15-10-12-13(14)11(5-2)16-17(12)6-3/h15H,4-10H2,1-3H3. The summed E-state index contributed by atoms with van der Waals surface area (Å²) < 4.78 is 3.28. The van der Waals surface area contributed by atoms with Gasteiger partial charge in [0.15, 0.2) is 0 Å². The van der Waals surface area contributed by atoms with Gasteiger partial charge in [0.2, 0.25) is 0 Å². The van der Waals surface area contributed by atoms with E-state index in [0.717, 1.165) is 31.7 Å². The summed E-state index contributed by atoms with van der Waals surface area (Å²) >= 11 is 3.66. The summed E-state index contributed by atoms with van der Waals surface area (Å²) in [5.41, 5.74) is 2.44. The lowest BCUT2D eigenvalue weighted by Crippen LogP contribution is -2.18. The zero-order valence-corrected chi connectivity index (χ0v) is 12.8. The summed E-state index contributed by atoms with van der Waals surface area (Å²) in [6.07, 6.45) is 4.82. The van der Waals surface area contributed by atoms with Crippen LogP contribution in [-0.4, -0.2) is 16.3 Å². The van der Waals surface area contributed by atoms with E-state index in [0.29, 0.717) is 0 Å². The number of hydrogen-bond acceptors (Lipinski definition) is 2. The third-order valence-electron chi connectivity index (χ3n) is 2.94. The highest BCUT2D eigenvalue weighted by atomic mass is 79.9. The minimum atomic E-state index is 0.908. The first-order valence-corrected chi connectivity index (χ1v) is 7.48. The van der Waals surface area contributed by atoms with Crippen LogP contribution in [0.5, 0.6) is 0 Å². The highest BCUT2D eigenvalue weighted by Crippen LogP contribution is 2.22. The predicted molar refractivity (Wildman–Crippen MR) is 76.2 cm³/mol. The summed E-state index contributed by atoms with van der Waals surface area (Å²) in [6.45, 7) is 9.45. The molecule has 0 aliphatic heterocycles. The summed E-state index contributed by atoms with van der Waals surface area (Å²) in [5, 5.41) is 8.09. The molecule has 0 amide bonds. The molecule has 0 spiro atoms. The molecule has 1 heterocycles. The molecule has 1 rings (SSSR count). The Bertz CT molecular complexity index is 334. The Morgan fingerprint density at radius 1 is 1.24 bits per heavy atom. The van der Waals surface area contributed by atoms with E-state index >= 15 is 0 Å². The molecule has 0 unspecified atom stereocenters. The van der Waals surface area contributed by atoms with E-state index in [1.165, 1.54) is 29.4 Å². The Hall–Kier alpha value is -0.350. The van der Waals surface area contributed by atoms with E-state index in [2.05, 4.69) is 51.8 Å². The molecule has 17 heavy (non-hydrogen) atoms. The molecule has 0 bridgehead atoms. The van der Waals surface area contributed by atoms with Crippen molar-refractivity contribution in [3.63, 3.8) is 0 Å². The summed E-state index contributed by atoms with van der Waals surface area (Å²) in [6, 6.07) is 0. The molecule has 1 aromatic heterocycles.